The van der Waals surface area contributed by atoms with E-state index in [2.05, 4.69) is 16.6 Å². The van der Waals surface area contributed by atoms with Crippen LogP contribution in [0.3, 0.4) is 0 Å². The van der Waals surface area contributed by atoms with Gasteiger partial charge in [-0.15, -0.1) is 0 Å². The summed E-state index contributed by atoms with van der Waals surface area (Å²) in [7, 11) is 0. The predicted molar refractivity (Wildman–Crippen MR) is 94.3 cm³/mol. The van der Waals surface area contributed by atoms with Crippen molar-refractivity contribution >= 4 is 23.7 Å². The van der Waals surface area contributed by atoms with E-state index in [1.165, 1.54) is 4.90 Å². The van der Waals surface area contributed by atoms with Gasteiger partial charge in [0.05, 0.1) is 28.4 Å². The number of carbonyl (C=O) groups is 2. The third-order valence-electron chi connectivity index (χ3n) is 3.89. The molecule has 25 heavy (non-hydrogen) atoms. The molecule has 1 N–H and O–H groups in total. The van der Waals surface area contributed by atoms with Crippen molar-refractivity contribution in [2.75, 3.05) is 12.0 Å². The Kier molecular flexibility index (Phi) is 4.86. The highest BCUT2D eigenvalue weighted by Crippen LogP contribution is 2.22. The number of nitrogens with one attached hydrogen (secondary N) is 1. The van der Waals surface area contributed by atoms with Crippen LogP contribution in [-0.2, 0) is 0 Å². The maximum Gasteiger partial charge on any atom is 0.261 e. The summed E-state index contributed by atoms with van der Waals surface area (Å²) in [5.74, 6) is -0.457. The molecule has 0 aromatic heterocycles. The Morgan fingerprint density at radius 3 is 2.28 bits per heavy atom. The van der Waals surface area contributed by atoms with Gasteiger partial charge in [0, 0.05) is 12.8 Å². The fraction of sp³-hybridized carbons (Fsp3) is 0.158. The minimum atomic E-state index is -0.228. The number of rotatable bonds is 6. The van der Waals surface area contributed by atoms with Crippen molar-refractivity contribution in [3.05, 3.63) is 65.2 Å². The quantitative estimate of drug-likeness (QED) is 0.381. The molecule has 0 saturated carbocycles. The molecular formula is C19H16N4O2. The second-order valence-corrected chi connectivity index (χ2v) is 5.56. The number of unbranched alkanes of at least 4 members (excludes halogenated alkanes) is 1. The highest BCUT2D eigenvalue weighted by atomic mass is 16.2. The zero-order chi connectivity index (χ0) is 17.6. The summed E-state index contributed by atoms with van der Waals surface area (Å²) in [4.78, 5) is 25.7. The van der Waals surface area contributed by atoms with Crippen LogP contribution < -0.4 is 5.43 Å². The molecule has 0 spiro atoms. The number of amides is 2. The first-order valence-corrected chi connectivity index (χ1v) is 7.93. The first-order valence-electron chi connectivity index (χ1n) is 7.93. The van der Waals surface area contributed by atoms with Crippen molar-refractivity contribution in [2.45, 2.75) is 12.8 Å². The van der Waals surface area contributed by atoms with Gasteiger partial charge in [-0.1, -0.05) is 12.1 Å². The first-order chi connectivity index (χ1) is 12.2. The van der Waals surface area contributed by atoms with Crippen molar-refractivity contribution in [2.24, 2.45) is 5.10 Å². The topological polar surface area (TPSA) is 85.6 Å². The normalized spacial score (nSPS) is 13.2. The Balaban J connectivity index is 1.45. The van der Waals surface area contributed by atoms with E-state index in [0.29, 0.717) is 36.1 Å². The molecule has 0 atom stereocenters. The summed E-state index contributed by atoms with van der Waals surface area (Å²) in [5, 5.41) is 12.8. The number of hydrogen-bond acceptors (Lipinski definition) is 5. The maximum atomic E-state index is 12.2. The minimum absolute atomic E-state index is 0.228. The lowest BCUT2D eigenvalue weighted by atomic mass is 10.1. The molecule has 2 aromatic carbocycles. The Morgan fingerprint density at radius 1 is 1.04 bits per heavy atom. The van der Waals surface area contributed by atoms with Gasteiger partial charge in [-0.2, -0.15) is 10.4 Å². The Bertz CT molecular complexity index is 831. The van der Waals surface area contributed by atoms with Gasteiger partial charge in [0.15, 0.2) is 0 Å². The van der Waals surface area contributed by atoms with Crippen LogP contribution >= 0.6 is 0 Å². The molecule has 1 aliphatic rings. The lowest BCUT2D eigenvalue weighted by molar-refractivity contribution is 0.0653. The Hall–Kier alpha value is -3.46. The highest BCUT2D eigenvalue weighted by molar-refractivity contribution is 6.21. The lowest BCUT2D eigenvalue weighted by Crippen LogP contribution is -2.30. The van der Waals surface area contributed by atoms with Gasteiger partial charge in [-0.3, -0.25) is 19.9 Å². The molecule has 6 nitrogen and oxygen atoms in total. The smallest absolute Gasteiger partial charge is 0.261 e. The molecule has 0 radical (unpaired) electrons. The summed E-state index contributed by atoms with van der Waals surface area (Å²) in [6.07, 6.45) is 2.98. The zero-order valence-corrected chi connectivity index (χ0v) is 13.5. The zero-order valence-electron chi connectivity index (χ0n) is 13.5. The van der Waals surface area contributed by atoms with E-state index in [0.717, 1.165) is 5.69 Å². The van der Waals surface area contributed by atoms with Crippen LogP contribution in [0.15, 0.2) is 53.6 Å². The maximum absolute atomic E-state index is 12.2. The summed E-state index contributed by atoms with van der Waals surface area (Å²) < 4.78 is 0. The number of fused-ring (bicyclic) bond motifs is 1. The predicted octanol–water partition coefficient (Wildman–Crippen LogP) is 3.03. The van der Waals surface area contributed by atoms with Crippen LogP contribution in [0.1, 0.15) is 39.1 Å². The molecular weight excluding hydrogens is 316 g/mol. The second kappa shape index (κ2) is 7.41. The van der Waals surface area contributed by atoms with E-state index < -0.39 is 0 Å². The fourth-order valence-electron chi connectivity index (χ4n) is 2.59. The number of nitrogens with zero attached hydrogens (tertiary/aromatic N) is 3. The monoisotopic (exact) mass is 332 g/mol. The second-order valence-electron chi connectivity index (χ2n) is 5.56. The molecule has 124 valence electrons. The fourth-order valence-corrected chi connectivity index (χ4v) is 2.59. The molecule has 1 heterocycles. The average molecular weight is 332 g/mol. The van der Waals surface area contributed by atoms with Gasteiger partial charge in [-0.05, 0) is 49.2 Å². The van der Waals surface area contributed by atoms with Gasteiger partial charge < -0.3 is 0 Å². The van der Waals surface area contributed by atoms with Gasteiger partial charge in [0.2, 0.25) is 0 Å². The van der Waals surface area contributed by atoms with Gasteiger partial charge in [0.1, 0.15) is 0 Å². The minimum Gasteiger partial charge on any atom is -0.279 e. The Labute approximate surface area is 145 Å². The SMILES string of the molecule is N#Cc1ccc(NN=CCCCN2C(=O)c3ccccc3C2=O)cc1. The van der Waals surface area contributed by atoms with Crippen molar-refractivity contribution in [3.63, 3.8) is 0 Å². The van der Waals surface area contributed by atoms with Crippen LogP contribution in [0.2, 0.25) is 0 Å². The molecule has 3 rings (SSSR count). The molecule has 1 aliphatic heterocycles. The van der Waals surface area contributed by atoms with E-state index >= 15 is 0 Å². The van der Waals surface area contributed by atoms with Crippen LogP contribution in [0.4, 0.5) is 5.69 Å². The molecule has 2 aromatic rings. The van der Waals surface area contributed by atoms with E-state index in [1.54, 1.807) is 54.7 Å². The van der Waals surface area contributed by atoms with Crippen LogP contribution in [0.5, 0.6) is 0 Å². The third-order valence-corrected chi connectivity index (χ3v) is 3.89. The standard InChI is InChI=1S/C19H16N4O2/c20-13-14-7-9-15(10-8-14)22-21-11-3-4-12-23-18(24)16-5-1-2-6-17(16)19(23)25/h1-2,5-11,22H,3-4,12H2. The Morgan fingerprint density at radius 2 is 1.68 bits per heavy atom. The number of carbonyl (C=O) groups excluding carboxylic acids is 2. The first kappa shape index (κ1) is 16.4. The number of benzene rings is 2. The lowest BCUT2D eigenvalue weighted by Gasteiger charge is -2.12. The molecule has 0 bridgehead atoms. The largest absolute Gasteiger partial charge is 0.279 e. The number of anilines is 1. The average Bonchev–Trinajstić information content (AvgIpc) is 2.90. The van der Waals surface area contributed by atoms with Gasteiger partial charge in [-0.25, -0.2) is 0 Å². The van der Waals surface area contributed by atoms with E-state index in [-0.39, 0.29) is 11.8 Å². The van der Waals surface area contributed by atoms with Crippen LogP contribution in [0, 0.1) is 11.3 Å². The van der Waals surface area contributed by atoms with E-state index in [1.807, 2.05) is 0 Å². The van der Waals surface area contributed by atoms with Crippen LogP contribution in [0.25, 0.3) is 0 Å². The molecule has 6 heteroatoms. The number of nitriles is 1. The molecule has 0 fully saturated rings. The molecule has 0 aliphatic carbocycles. The molecule has 0 saturated heterocycles. The highest BCUT2D eigenvalue weighted by Gasteiger charge is 2.34. The number of hydrogen-bond donors (Lipinski definition) is 1. The van der Waals surface area contributed by atoms with E-state index in [4.69, 9.17) is 5.26 Å². The summed E-state index contributed by atoms with van der Waals surface area (Å²) in [5.41, 5.74) is 5.20. The number of hydrazone groups is 1. The van der Waals surface area contributed by atoms with Crippen molar-refractivity contribution in [3.8, 4) is 6.07 Å². The van der Waals surface area contributed by atoms with Crippen molar-refractivity contribution < 1.29 is 9.59 Å². The van der Waals surface area contributed by atoms with Crippen molar-refractivity contribution in [1.82, 2.24) is 4.90 Å². The third kappa shape index (κ3) is 3.56. The summed E-state index contributed by atoms with van der Waals surface area (Å²) >= 11 is 0. The van der Waals surface area contributed by atoms with Crippen molar-refractivity contribution in [1.29, 1.82) is 5.26 Å². The number of imide groups is 1. The molecule has 0 unspecified atom stereocenters. The summed E-state index contributed by atoms with van der Waals surface area (Å²) in [6.45, 7) is 0.370. The van der Waals surface area contributed by atoms with E-state index in [9.17, 15) is 9.59 Å². The van der Waals surface area contributed by atoms with Crippen LogP contribution in [-0.4, -0.2) is 29.5 Å². The van der Waals surface area contributed by atoms with Gasteiger partial charge in [0.25, 0.3) is 11.8 Å². The van der Waals surface area contributed by atoms with Gasteiger partial charge >= 0.3 is 0 Å². The summed E-state index contributed by atoms with van der Waals surface area (Å²) in [6, 6.07) is 15.9. The molecule has 2 amide bonds.